The van der Waals surface area contributed by atoms with Crippen molar-refractivity contribution in [3.05, 3.63) is 54.1 Å². The number of nitrogens with one attached hydrogen (secondary N) is 2. The molecule has 8 nitrogen and oxygen atoms in total. The zero-order valence-electron chi connectivity index (χ0n) is 15.6. The van der Waals surface area contributed by atoms with Crippen molar-refractivity contribution in [2.75, 3.05) is 24.0 Å². The topological polar surface area (TPSA) is 95.5 Å². The number of hydrazone groups is 1. The summed E-state index contributed by atoms with van der Waals surface area (Å²) in [6, 6.07) is 14.8. The van der Waals surface area contributed by atoms with E-state index >= 15 is 0 Å². The molecule has 0 atom stereocenters. The van der Waals surface area contributed by atoms with Crippen molar-refractivity contribution < 1.29 is 9.53 Å². The lowest BCUT2D eigenvalue weighted by molar-refractivity contribution is 0.102. The van der Waals surface area contributed by atoms with Gasteiger partial charge in [0.05, 0.1) is 18.4 Å². The number of aromatic nitrogens is 3. The Bertz CT molecular complexity index is 1030. The minimum absolute atomic E-state index is 0.203. The smallest absolute Gasteiger partial charge is 0.258 e. The Labute approximate surface area is 162 Å². The zero-order valence-corrected chi connectivity index (χ0v) is 15.6. The van der Waals surface area contributed by atoms with Crippen molar-refractivity contribution in [1.82, 2.24) is 15.2 Å². The van der Waals surface area contributed by atoms with Gasteiger partial charge in [0.1, 0.15) is 5.75 Å². The molecular formula is C20H20N6O2. The number of benzene rings is 2. The van der Waals surface area contributed by atoms with Crippen LogP contribution in [0.4, 0.5) is 11.6 Å². The summed E-state index contributed by atoms with van der Waals surface area (Å²) in [5.74, 6) is 1.12. The van der Waals surface area contributed by atoms with Crippen molar-refractivity contribution in [3.63, 3.8) is 0 Å². The highest BCUT2D eigenvalue weighted by molar-refractivity contribution is 6.03. The largest absolute Gasteiger partial charge is 0.496 e. The summed E-state index contributed by atoms with van der Waals surface area (Å²) in [5.41, 5.74) is 3.36. The molecule has 3 aromatic rings. The molecule has 1 aliphatic rings. The minimum atomic E-state index is -0.279. The summed E-state index contributed by atoms with van der Waals surface area (Å²) in [7, 11) is 1.59. The third-order valence-corrected chi connectivity index (χ3v) is 4.48. The van der Waals surface area contributed by atoms with Crippen LogP contribution in [0.25, 0.3) is 11.4 Å². The molecule has 0 saturated heterocycles. The summed E-state index contributed by atoms with van der Waals surface area (Å²) >= 11 is 0. The number of ether oxygens (including phenoxy) is 1. The number of nitrogens with zero attached hydrogens (tertiary/aromatic N) is 4. The Kier molecular flexibility index (Phi) is 4.76. The molecule has 0 aliphatic carbocycles. The second kappa shape index (κ2) is 7.51. The Morgan fingerprint density at radius 1 is 1.18 bits per heavy atom. The summed E-state index contributed by atoms with van der Waals surface area (Å²) in [6.07, 6.45) is 0.960. The van der Waals surface area contributed by atoms with E-state index in [4.69, 9.17) is 4.74 Å². The molecule has 28 heavy (non-hydrogen) atoms. The highest BCUT2D eigenvalue weighted by atomic mass is 16.5. The number of anilines is 2. The first-order valence-electron chi connectivity index (χ1n) is 8.93. The number of carbonyl (C=O) groups excluding carboxylic acids is 1. The van der Waals surface area contributed by atoms with E-state index in [1.54, 1.807) is 19.2 Å². The first kappa shape index (κ1) is 17.7. The van der Waals surface area contributed by atoms with Gasteiger partial charge in [-0.15, -0.1) is 5.10 Å². The van der Waals surface area contributed by atoms with Gasteiger partial charge in [0.15, 0.2) is 5.82 Å². The van der Waals surface area contributed by atoms with Crippen molar-refractivity contribution in [2.24, 2.45) is 5.10 Å². The molecule has 2 aromatic carbocycles. The standard InChI is InChI=1S/C20H20N6O2/c1-13-11-12-26(25-13)15-9-7-14(8-10-15)19(27)22-20-21-18(23-24-20)16-5-3-4-6-17(16)28-2/h3-10H,11-12H2,1-2H3,(H2,21,22,23,24,27). The Balaban J connectivity index is 1.46. The van der Waals surface area contributed by atoms with E-state index < -0.39 is 0 Å². The van der Waals surface area contributed by atoms with E-state index in [9.17, 15) is 4.79 Å². The summed E-state index contributed by atoms with van der Waals surface area (Å²) < 4.78 is 5.33. The van der Waals surface area contributed by atoms with Crippen molar-refractivity contribution in [2.45, 2.75) is 13.3 Å². The maximum absolute atomic E-state index is 12.5. The van der Waals surface area contributed by atoms with Gasteiger partial charge in [-0.05, 0) is 43.3 Å². The van der Waals surface area contributed by atoms with Crippen LogP contribution in [0.5, 0.6) is 5.75 Å². The first-order chi connectivity index (χ1) is 13.6. The van der Waals surface area contributed by atoms with E-state index in [1.807, 2.05) is 48.3 Å². The molecule has 0 bridgehead atoms. The van der Waals surface area contributed by atoms with E-state index in [1.165, 1.54) is 0 Å². The predicted octanol–water partition coefficient (Wildman–Crippen LogP) is 3.32. The van der Waals surface area contributed by atoms with Gasteiger partial charge in [-0.25, -0.2) is 0 Å². The summed E-state index contributed by atoms with van der Waals surface area (Å²) in [6.45, 7) is 2.87. The molecule has 2 N–H and O–H groups in total. The van der Waals surface area contributed by atoms with Crippen LogP contribution in [0.3, 0.4) is 0 Å². The summed E-state index contributed by atoms with van der Waals surface area (Å²) in [4.78, 5) is 16.8. The van der Waals surface area contributed by atoms with Gasteiger partial charge in [-0.1, -0.05) is 12.1 Å². The van der Waals surface area contributed by atoms with Crippen LogP contribution < -0.4 is 15.1 Å². The molecule has 142 valence electrons. The van der Waals surface area contributed by atoms with Crippen LogP contribution in [0.1, 0.15) is 23.7 Å². The molecule has 1 aromatic heterocycles. The maximum Gasteiger partial charge on any atom is 0.258 e. The Morgan fingerprint density at radius 2 is 1.96 bits per heavy atom. The van der Waals surface area contributed by atoms with Crippen molar-refractivity contribution in [1.29, 1.82) is 0 Å². The van der Waals surface area contributed by atoms with Crippen LogP contribution in [-0.2, 0) is 0 Å². The van der Waals surface area contributed by atoms with Crippen LogP contribution in [0.15, 0.2) is 53.6 Å². The second-order valence-electron chi connectivity index (χ2n) is 6.42. The van der Waals surface area contributed by atoms with E-state index in [-0.39, 0.29) is 11.9 Å². The van der Waals surface area contributed by atoms with Crippen molar-refractivity contribution >= 4 is 23.3 Å². The third-order valence-electron chi connectivity index (χ3n) is 4.48. The molecule has 2 heterocycles. The molecule has 0 saturated carbocycles. The van der Waals surface area contributed by atoms with Gasteiger partial charge in [0.2, 0.25) is 5.95 Å². The van der Waals surface area contributed by atoms with Gasteiger partial charge >= 0.3 is 0 Å². The van der Waals surface area contributed by atoms with Gasteiger partial charge in [-0.2, -0.15) is 10.1 Å². The molecule has 4 rings (SSSR count). The fraction of sp³-hybridized carbons (Fsp3) is 0.200. The molecular weight excluding hydrogens is 356 g/mol. The summed E-state index contributed by atoms with van der Waals surface area (Å²) in [5, 5.41) is 16.0. The predicted molar refractivity (Wildman–Crippen MR) is 108 cm³/mol. The van der Waals surface area contributed by atoms with Crippen LogP contribution in [0.2, 0.25) is 0 Å². The van der Waals surface area contributed by atoms with Gasteiger partial charge < -0.3 is 4.74 Å². The Morgan fingerprint density at radius 3 is 2.68 bits per heavy atom. The lowest BCUT2D eigenvalue weighted by Crippen LogP contribution is -2.14. The number of aromatic amines is 1. The zero-order chi connectivity index (χ0) is 19.5. The number of para-hydroxylation sites is 1. The molecule has 1 aliphatic heterocycles. The van der Waals surface area contributed by atoms with Gasteiger partial charge in [-0.3, -0.25) is 20.2 Å². The quantitative estimate of drug-likeness (QED) is 0.712. The number of carbonyl (C=O) groups is 1. The second-order valence-corrected chi connectivity index (χ2v) is 6.42. The highest BCUT2D eigenvalue weighted by Gasteiger charge is 2.15. The van der Waals surface area contributed by atoms with Gasteiger partial charge in [0, 0.05) is 24.2 Å². The Hall–Kier alpha value is -3.68. The minimum Gasteiger partial charge on any atom is -0.496 e. The first-order valence-corrected chi connectivity index (χ1v) is 8.93. The molecule has 0 fully saturated rings. The molecule has 8 heteroatoms. The number of H-pyrrole nitrogens is 1. The average Bonchev–Trinajstić information content (AvgIpc) is 3.37. The molecule has 1 amide bonds. The van der Waals surface area contributed by atoms with E-state index in [0.29, 0.717) is 17.1 Å². The number of hydrogen-bond acceptors (Lipinski definition) is 6. The molecule has 0 radical (unpaired) electrons. The third kappa shape index (κ3) is 3.57. The van der Waals surface area contributed by atoms with Gasteiger partial charge in [0.25, 0.3) is 5.91 Å². The maximum atomic E-state index is 12.5. The number of amides is 1. The fourth-order valence-electron chi connectivity index (χ4n) is 3.00. The van der Waals surface area contributed by atoms with Crippen molar-refractivity contribution in [3.8, 4) is 17.1 Å². The normalized spacial score (nSPS) is 13.4. The molecule has 0 spiro atoms. The fourth-order valence-corrected chi connectivity index (χ4v) is 3.00. The SMILES string of the molecule is COc1ccccc1-c1nc(NC(=O)c2ccc(N3CCC(C)=N3)cc2)n[nH]1. The van der Waals surface area contributed by atoms with E-state index in [2.05, 4.69) is 25.6 Å². The van der Waals surface area contributed by atoms with Crippen LogP contribution in [-0.4, -0.2) is 40.5 Å². The number of hydrogen-bond donors (Lipinski definition) is 2. The van der Waals surface area contributed by atoms with Crippen LogP contribution >= 0.6 is 0 Å². The number of rotatable bonds is 5. The van der Waals surface area contributed by atoms with E-state index in [0.717, 1.165) is 29.9 Å². The van der Waals surface area contributed by atoms with Crippen LogP contribution in [0, 0.1) is 0 Å². The monoisotopic (exact) mass is 376 g/mol. The average molecular weight is 376 g/mol. The lowest BCUT2D eigenvalue weighted by atomic mass is 10.2. The number of methoxy groups -OCH3 is 1. The highest BCUT2D eigenvalue weighted by Crippen LogP contribution is 2.27. The lowest BCUT2D eigenvalue weighted by Gasteiger charge is -2.13. The molecule has 0 unspecified atom stereocenters.